The van der Waals surface area contributed by atoms with Gasteiger partial charge in [0.2, 0.25) is 0 Å². The highest BCUT2D eigenvalue weighted by atomic mass is 79.9. The molecule has 1 heterocycles. The lowest BCUT2D eigenvalue weighted by Gasteiger charge is -2.19. The van der Waals surface area contributed by atoms with Crippen LogP contribution in [-0.4, -0.2) is 18.1 Å². The average Bonchev–Trinajstić information content (AvgIpc) is 2.15. The van der Waals surface area contributed by atoms with Crippen molar-refractivity contribution in [3.05, 3.63) is 22.6 Å². The molecule has 0 fully saturated rings. The molecule has 0 saturated carbocycles. The molecule has 0 atom stereocenters. The third-order valence-electron chi connectivity index (χ3n) is 1.75. The Bertz CT molecular complexity index is 360. The van der Waals surface area contributed by atoms with Gasteiger partial charge in [-0.1, -0.05) is 5.92 Å². The molecule has 1 aromatic heterocycles. The number of rotatable bonds is 3. The topological polar surface area (TPSA) is 16.1 Å². The second-order valence-electron chi connectivity index (χ2n) is 2.68. The minimum atomic E-state index is -0.364. The van der Waals surface area contributed by atoms with Crippen molar-refractivity contribution in [3.63, 3.8) is 0 Å². The van der Waals surface area contributed by atoms with E-state index in [9.17, 15) is 4.39 Å². The lowest BCUT2D eigenvalue weighted by molar-refractivity contribution is 0.613. The fourth-order valence-corrected chi connectivity index (χ4v) is 1.39. The van der Waals surface area contributed by atoms with E-state index in [0.29, 0.717) is 23.4 Å². The normalized spacial score (nSPS) is 9.57. The summed E-state index contributed by atoms with van der Waals surface area (Å²) >= 11 is 3.14. The number of hydrogen-bond donors (Lipinski definition) is 0. The van der Waals surface area contributed by atoms with E-state index in [1.807, 2.05) is 6.92 Å². The summed E-state index contributed by atoms with van der Waals surface area (Å²) in [6, 6.07) is 1.38. The van der Waals surface area contributed by atoms with Gasteiger partial charge in [-0.05, 0) is 28.9 Å². The van der Waals surface area contributed by atoms with Crippen molar-refractivity contribution in [1.82, 2.24) is 4.98 Å². The summed E-state index contributed by atoms with van der Waals surface area (Å²) in [5.41, 5.74) is 0. The van der Waals surface area contributed by atoms with Gasteiger partial charge in [-0.25, -0.2) is 9.37 Å². The Morgan fingerprint density at radius 3 is 2.93 bits per heavy atom. The van der Waals surface area contributed by atoms with Gasteiger partial charge in [-0.3, -0.25) is 0 Å². The first kappa shape index (κ1) is 11.0. The maximum Gasteiger partial charge on any atom is 0.166 e. The maximum absolute atomic E-state index is 13.4. The number of anilines is 1. The summed E-state index contributed by atoms with van der Waals surface area (Å²) in [6.07, 6.45) is 6.72. The number of aromatic nitrogens is 1. The first-order valence-corrected chi connectivity index (χ1v) is 4.97. The Morgan fingerprint density at radius 1 is 1.71 bits per heavy atom. The van der Waals surface area contributed by atoms with Gasteiger partial charge in [0.05, 0.1) is 6.54 Å². The largest absolute Gasteiger partial charge is 0.343 e. The van der Waals surface area contributed by atoms with Crippen molar-refractivity contribution in [3.8, 4) is 12.3 Å². The van der Waals surface area contributed by atoms with Crippen LogP contribution >= 0.6 is 15.9 Å². The molecule has 0 aliphatic rings. The summed E-state index contributed by atoms with van der Waals surface area (Å²) in [4.78, 5) is 5.67. The highest BCUT2D eigenvalue weighted by molar-refractivity contribution is 9.10. The number of pyridine rings is 1. The molecule has 4 heteroatoms. The van der Waals surface area contributed by atoms with Gasteiger partial charge < -0.3 is 4.90 Å². The molecule has 0 unspecified atom stereocenters. The molecule has 0 spiro atoms. The van der Waals surface area contributed by atoms with Gasteiger partial charge >= 0.3 is 0 Å². The monoisotopic (exact) mass is 256 g/mol. The van der Waals surface area contributed by atoms with Crippen molar-refractivity contribution in [2.45, 2.75) is 6.92 Å². The molecule has 0 amide bonds. The van der Waals surface area contributed by atoms with Gasteiger partial charge in [0.25, 0.3) is 0 Å². The number of terminal acetylenes is 1. The van der Waals surface area contributed by atoms with Crippen LogP contribution < -0.4 is 4.90 Å². The average molecular weight is 257 g/mol. The molecule has 0 bridgehead atoms. The lowest BCUT2D eigenvalue weighted by Crippen LogP contribution is -2.24. The Balaban J connectivity index is 2.99. The quantitative estimate of drug-likeness (QED) is 0.773. The highest BCUT2D eigenvalue weighted by Gasteiger charge is 2.10. The Kier molecular flexibility index (Phi) is 3.90. The van der Waals surface area contributed by atoms with Gasteiger partial charge in [0, 0.05) is 17.2 Å². The Morgan fingerprint density at radius 2 is 2.43 bits per heavy atom. The van der Waals surface area contributed by atoms with Crippen molar-refractivity contribution >= 4 is 21.7 Å². The highest BCUT2D eigenvalue weighted by Crippen LogP contribution is 2.19. The van der Waals surface area contributed by atoms with Crippen LogP contribution in [0.25, 0.3) is 0 Å². The molecule has 0 aliphatic carbocycles. The molecule has 0 saturated heterocycles. The van der Waals surface area contributed by atoms with Crippen LogP contribution in [-0.2, 0) is 0 Å². The van der Waals surface area contributed by atoms with E-state index >= 15 is 0 Å². The van der Waals surface area contributed by atoms with E-state index in [1.165, 1.54) is 6.07 Å². The van der Waals surface area contributed by atoms with Gasteiger partial charge in [-0.2, -0.15) is 0 Å². The van der Waals surface area contributed by atoms with Crippen LogP contribution in [0.3, 0.4) is 0 Å². The molecular weight excluding hydrogens is 247 g/mol. The zero-order valence-corrected chi connectivity index (χ0v) is 9.38. The summed E-state index contributed by atoms with van der Waals surface area (Å²) in [5.74, 6) is 2.40. The van der Waals surface area contributed by atoms with Crippen LogP contribution in [0.2, 0.25) is 0 Å². The zero-order chi connectivity index (χ0) is 10.6. The van der Waals surface area contributed by atoms with E-state index in [0.717, 1.165) is 0 Å². The van der Waals surface area contributed by atoms with Gasteiger partial charge in [-0.15, -0.1) is 6.42 Å². The number of nitrogens with zero attached hydrogens (tertiary/aromatic N) is 2. The maximum atomic E-state index is 13.4. The molecule has 0 radical (unpaired) electrons. The first-order chi connectivity index (χ1) is 6.69. The van der Waals surface area contributed by atoms with Gasteiger partial charge in [0.15, 0.2) is 11.6 Å². The van der Waals surface area contributed by atoms with E-state index < -0.39 is 0 Å². The summed E-state index contributed by atoms with van der Waals surface area (Å²) in [5, 5.41) is 0. The minimum Gasteiger partial charge on any atom is -0.343 e. The molecule has 1 aromatic rings. The van der Waals surface area contributed by atoms with Crippen molar-refractivity contribution < 1.29 is 4.39 Å². The fraction of sp³-hybridized carbons (Fsp3) is 0.300. The second-order valence-corrected chi connectivity index (χ2v) is 3.59. The Labute approximate surface area is 91.3 Å². The molecule has 14 heavy (non-hydrogen) atoms. The molecule has 0 aliphatic heterocycles. The SMILES string of the molecule is C#CCN(CC)c1ncc(Br)cc1F. The summed E-state index contributed by atoms with van der Waals surface area (Å²) in [7, 11) is 0. The second kappa shape index (κ2) is 4.97. The molecular formula is C10H10BrFN2. The van der Waals surface area contributed by atoms with Crippen molar-refractivity contribution in [2.75, 3.05) is 18.0 Å². The van der Waals surface area contributed by atoms with Crippen molar-refractivity contribution in [2.24, 2.45) is 0 Å². The predicted octanol–water partition coefficient (Wildman–Crippen LogP) is 2.44. The van der Waals surface area contributed by atoms with E-state index in [4.69, 9.17) is 6.42 Å². The molecule has 74 valence electrons. The van der Waals surface area contributed by atoms with Crippen molar-refractivity contribution in [1.29, 1.82) is 0 Å². The smallest absolute Gasteiger partial charge is 0.166 e. The van der Waals surface area contributed by atoms with E-state index in [2.05, 4.69) is 26.8 Å². The van der Waals surface area contributed by atoms with Crippen LogP contribution in [0, 0.1) is 18.2 Å². The zero-order valence-electron chi connectivity index (χ0n) is 7.80. The Hall–Kier alpha value is -1.08. The third-order valence-corrected chi connectivity index (χ3v) is 2.19. The van der Waals surface area contributed by atoms with E-state index in [1.54, 1.807) is 11.1 Å². The lowest BCUT2D eigenvalue weighted by atomic mass is 10.4. The molecule has 2 nitrogen and oxygen atoms in total. The number of halogens is 2. The van der Waals surface area contributed by atoms with Crippen LogP contribution in [0.4, 0.5) is 10.2 Å². The first-order valence-electron chi connectivity index (χ1n) is 4.18. The molecule has 1 rings (SSSR count). The van der Waals surface area contributed by atoms with Crippen LogP contribution in [0.15, 0.2) is 16.7 Å². The number of hydrogen-bond acceptors (Lipinski definition) is 2. The summed E-state index contributed by atoms with van der Waals surface area (Å²) in [6.45, 7) is 2.90. The third kappa shape index (κ3) is 2.46. The van der Waals surface area contributed by atoms with Crippen LogP contribution in [0.1, 0.15) is 6.92 Å². The van der Waals surface area contributed by atoms with Crippen LogP contribution in [0.5, 0.6) is 0 Å². The van der Waals surface area contributed by atoms with E-state index in [-0.39, 0.29) is 5.82 Å². The predicted molar refractivity (Wildman–Crippen MR) is 58.6 cm³/mol. The van der Waals surface area contributed by atoms with Gasteiger partial charge in [0.1, 0.15) is 0 Å². The molecule has 0 aromatic carbocycles. The standard InChI is InChI=1S/C10H10BrFN2/c1-3-5-14(4-2)10-9(12)6-8(11)7-13-10/h1,6-7H,4-5H2,2H3. The summed E-state index contributed by atoms with van der Waals surface area (Å²) < 4.78 is 14.0. The fourth-order valence-electron chi connectivity index (χ4n) is 1.09. The minimum absolute atomic E-state index is 0.300. The molecule has 0 N–H and O–H groups in total.